The highest BCUT2D eigenvalue weighted by molar-refractivity contribution is 5.85. The molecule has 1 atom stereocenters. The van der Waals surface area contributed by atoms with Gasteiger partial charge in [-0.05, 0) is 18.8 Å². The third-order valence-corrected chi connectivity index (χ3v) is 4.71. The molecule has 2 N–H and O–H groups in total. The zero-order valence-corrected chi connectivity index (χ0v) is 15.6. The van der Waals surface area contributed by atoms with Crippen LogP contribution in [0.5, 0.6) is 0 Å². The summed E-state index contributed by atoms with van der Waals surface area (Å²) < 4.78 is 7.14. The van der Waals surface area contributed by atoms with Gasteiger partial charge in [0.15, 0.2) is 0 Å². The van der Waals surface area contributed by atoms with Gasteiger partial charge in [-0.3, -0.25) is 9.48 Å². The van der Waals surface area contributed by atoms with Gasteiger partial charge in [-0.2, -0.15) is 5.10 Å². The number of anilines is 1. The van der Waals surface area contributed by atoms with Gasteiger partial charge < -0.3 is 20.3 Å². The second-order valence-corrected chi connectivity index (χ2v) is 6.16. The first-order chi connectivity index (χ1) is 10.6. The molecule has 1 aromatic rings. The minimum atomic E-state index is -0.381. The van der Waals surface area contributed by atoms with Gasteiger partial charge >= 0.3 is 0 Å². The predicted molar refractivity (Wildman–Crippen MR) is 98.0 cm³/mol. The number of rotatable bonds is 3. The van der Waals surface area contributed by atoms with Crippen molar-refractivity contribution in [1.29, 1.82) is 0 Å². The van der Waals surface area contributed by atoms with Crippen molar-refractivity contribution in [3.05, 3.63) is 12.4 Å². The minimum absolute atomic E-state index is 0. The number of piperazine rings is 1. The Morgan fingerprint density at radius 1 is 1.25 bits per heavy atom. The average Bonchev–Trinajstić information content (AvgIpc) is 3.01. The van der Waals surface area contributed by atoms with Gasteiger partial charge in [-0.15, -0.1) is 24.8 Å². The van der Waals surface area contributed by atoms with Crippen LogP contribution in [0.15, 0.2) is 12.4 Å². The lowest BCUT2D eigenvalue weighted by molar-refractivity contribution is -0.135. The maximum absolute atomic E-state index is 12.6. The monoisotopic (exact) mass is 379 g/mol. The molecule has 0 radical (unpaired) electrons. The number of hydrogen-bond acceptors (Lipinski definition) is 5. The van der Waals surface area contributed by atoms with Crippen LogP contribution in [0.3, 0.4) is 0 Å². The Morgan fingerprint density at radius 3 is 2.42 bits per heavy atom. The van der Waals surface area contributed by atoms with Crippen LogP contribution in [0, 0.1) is 5.92 Å². The topological polar surface area (TPSA) is 76.6 Å². The molecule has 2 saturated heterocycles. The molecule has 2 aliphatic rings. The van der Waals surface area contributed by atoms with E-state index in [1.165, 1.54) is 0 Å². The maximum Gasteiger partial charge on any atom is 0.239 e. The molecule has 2 fully saturated rings. The van der Waals surface area contributed by atoms with Gasteiger partial charge in [0, 0.05) is 52.6 Å². The SMILES string of the molecule is Cl.Cl.Cn1cc(N2CCN(C(=O)C(N)C3CCOCC3)CC2)cn1. The first kappa shape index (κ1) is 21.0. The molecular formula is C15H27Cl2N5O2. The molecule has 1 aromatic heterocycles. The third-order valence-electron chi connectivity index (χ3n) is 4.71. The van der Waals surface area contributed by atoms with Crippen molar-refractivity contribution in [2.45, 2.75) is 18.9 Å². The number of aryl methyl sites for hydroxylation is 1. The molecule has 0 spiro atoms. The second kappa shape index (κ2) is 9.46. The fourth-order valence-corrected chi connectivity index (χ4v) is 3.24. The van der Waals surface area contributed by atoms with E-state index in [4.69, 9.17) is 10.5 Å². The highest BCUT2D eigenvalue weighted by Gasteiger charge is 2.31. The first-order valence-electron chi connectivity index (χ1n) is 8.01. The van der Waals surface area contributed by atoms with E-state index in [-0.39, 0.29) is 42.7 Å². The van der Waals surface area contributed by atoms with Gasteiger partial charge in [0.25, 0.3) is 0 Å². The molecular weight excluding hydrogens is 353 g/mol. The lowest BCUT2D eigenvalue weighted by atomic mass is 9.91. The van der Waals surface area contributed by atoms with E-state index in [0.717, 1.165) is 57.9 Å². The number of aromatic nitrogens is 2. The number of carbonyl (C=O) groups excluding carboxylic acids is 1. The van der Waals surface area contributed by atoms with E-state index in [0.29, 0.717) is 0 Å². The lowest BCUT2D eigenvalue weighted by Gasteiger charge is -2.38. The molecule has 0 aliphatic carbocycles. The summed E-state index contributed by atoms with van der Waals surface area (Å²) in [5.74, 6) is 0.357. The normalized spacial score (nSPS) is 20.1. The summed E-state index contributed by atoms with van der Waals surface area (Å²) in [4.78, 5) is 16.7. The Hall–Kier alpha value is -1.02. The van der Waals surface area contributed by atoms with Crippen LogP contribution < -0.4 is 10.6 Å². The highest BCUT2D eigenvalue weighted by atomic mass is 35.5. The average molecular weight is 380 g/mol. The molecule has 7 nitrogen and oxygen atoms in total. The maximum atomic E-state index is 12.6. The Balaban J connectivity index is 0.00000144. The number of hydrogen-bond donors (Lipinski definition) is 1. The summed E-state index contributed by atoms with van der Waals surface area (Å²) in [6, 6.07) is -0.381. The van der Waals surface area contributed by atoms with Crippen molar-refractivity contribution in [2.24, 2.45) is 18.7 Å². The Labute approximate surface area is 155 Å². The predicted octanol–water partition coefficient (Wildman–Crippen LogP) is 0.666. The number of nitrogens with two attached hydrogens (primary N) is 1. The van der Waals surface area contributed by atoms with E-state index in [1.807, 2.05) is 24.3 Å². The fraction of sp³-hybridized carbons (Fsp3) is 0.733. The molecule has 0 saturated carbocycles. The summed E-state index contributed by atoms with van der Waals surface area (Å²) in [5.41, 5.74) is 7.31. The number of nitrogens with zero attached hydrogens (tertiary/aromatic N) is 4. The number of ether oxygens (including phenoxy) is 1. The summed E-state index contributed by atoms with van der Waals surface area (Å²) >= 11 is 0. The van der Waals surface area contributed by atoms with Gasteiger partial charge in [0.2, 0.25) is 5.91 Å². The molecule has 138 valence electrons. The zero-order valence-electron chi connectivity index (χ0n) is 14.0. The van der Waals surface area contributed by atoms with Crippen LogP contribution in [-0.2, 0) is 16.6 Å². The highest BCUT2D eigenvalue weighted by Crippen LogP contribution is 2.20. The summed E-state index contributed by atoms with van der Waals surface area (Å²) in [6.45, 7) is 4.56. The van der Waals surface area contributed by atoms with E-state index >= 15 is 0 Å². The molecule has 9 heteroatoms. The quantitative estimate of drug-likeness (QED) is 0.834. The molecule has 0 bridgehead atoms. The lowest BCUT2D eigenvalue weighted by Crippen LogP contribution is -2.55. The number of halogens is 2. The molecule has 1 unspecified atom stereocenters. The zero-order chi connectivity index (χ0) is 15.5. The van der Waals surface area contributed by atoms with Crippen LogP contribution >= 0.6 is 24.8 Å². The molecule has 1 amide bonds. The van der Waals surface area contributed by atoms with Gasteiger partial charge in [-0.25, -0.2) is 0 Å². The van der Waals surface area contributed by atoms with Gasteiger partial charge in [-0.1, -0.05) is 0 Å². The smallest absolute Gasteiger partial charge is 0.239 e. The van der Waals surface area contributed by atoms with Crippen molar-refractivity contribution < 1.29 is 9.53 Å². The van der Waals surface area contributed by atoms with E-state index < -0.39 is 0 Å². The second-order valence-electron chi connectivity index (χ2n) is 6.16. The van der Waals surface area contributed by atoms with Crippen LogP contribution in [0.2, 0.25) is 0 Å². The Bertz CT molecular complexity index is 514. The van der Waals surface area contributed by atoms with Crippen LogP contribution in [-0.4, -0.2) is 66.0 Å². The largest absolute Gasteiger partial charge is 0.381 e. The summed E-state index contributed by atoms with van der Waals surface area (Å²) in [6.07, 6.45) is 5.65. The van der Waals surface area contributed by atoms with E-state index in [1.54, 1.807) is 4.68 Å². The van der Waals surface area contributed by atoms with Crippen molar-refractivity contribution in [1.82, 2.24) is 14.7 Å². The van der Waals surface area contributed by atoms with Crippen LogP contribution in [0.25, 0.3) is 0 Å². The first-order valence-corrected chi connectivity index (χ1v) is 8.01. The molecule has 0 aromatic carbocycles. The molecule has 3 rings (SSSR count). The Morgan fingerprint density at radius 2 is 1.88 bits per heavy atom. The van der Waals surface area contributed by atoms with Crippen LogP contribution in [0.4, 0.5) is 5.69 Å². The summed E-state index contributed by atoms with van der Waals surface area (Å²) in [7, 11) is 1.91. The molecule has 24 heavy (non-hydrogen) atoms. The van der Waals surface area contributed by atoms with Gasteiger partial charge in [0.05, 0.1) is 17.9 Å². The van der Waals surface area contributed by atoms with Crippen molar-refractivity contribution >= 4 is 36.4 Å². The number of amides is 1. The van der Waals surface area contributed by atoms with Crippen molar-refractivity contribution in [3.8, 4) is 0 Å². The van der Waals surface area contributed by atoms with E-state index in [2.05, 4.69) is 10.00 Å². The molecule has 3 heterocycles. The van der Waals surface area contributed by atoms with E-state index in [9.17, 15) is 4.79 Å². The summed E-state index contributed by atoms with van der Waals surface area (Å²) in [5, 5.41) is 4.20. The van der Waals surface area contributed by atoms with Crippen molar-refractivity contribution in [2.75, 3.05) is 44.3 Å². The fourth-order valence-electron chi connectivity index (χ4n) is 3.24. The number of carbonyl (C=O) groups is 1. The molecule has 2 aliphatic heterocycles. The third kappa shape index (κ3) is 4.75. The van der Waals surface area contributed by atoms with Crippen LogP contribution in [0.1, 0.15) is 12.8 Å². The van der Waals surface area contributed by atoms with Gasteiger partial charge in [0.1, 0.15) is 0 Å². The standard InChI is InChI=1S/C15H25N5O2.2ClH/c1-18-11-13(10-17-18)19-4-6-20(7-5-19)15(21)14(16)12-2-8-22-9-3-12;;/h10-12,14H,2-9,16H2,1H3;2*1H. The minimum Gasteiger partial charge on any atom is -0.381 e. The van der Waals surface area contributed by atoms with Crippen molar-refractivity contribution in [3.63, 3.8) is 0 Å². The Kier molecular flexibility index (Phi) is 8.29.